The molecule has 3 heterocycles. The number of aromatic nitrogens is 1. The average molecular weight is 412 g/mol. The minimum absolute atomic E-state index is 0.0284. The third-order valence-electron chi connectivity index (χ3n) is 6.48. The number of hydrogen-bond acceptors (Lipinski definition) is 3. The Balaban J connectivity index is 1.66. The number of hydrogen-bond donors (Lipinski definition) is 1. The zero-order valence-corrected chi connectivity index (χ0v) is 17.5. The van der Waals surface area contributed by atoms with Crippen molar-refractivity contribution in [3.8, 4) is 6.07 Å². The van der Waals surface area contributed by atoms with Crippen LogP contribution in [0.3, 0.4) is 0 Å². The predicted octanol–water partition coefficient (Wildman–Crippen LogP) is 3.52. The van der Waals surface area contributed by atoms with E-state index in [1.54, 1.807) is 21.9 Å². The number of nitrogens with zero attached hydrogens (tertiary/aromatic N) is 3. The van der Waals surface area contributed by atoms with Crippen LogP contribution in [0.1, 0.15) is 48.2 Å². The smallest absolute Gasteiger partial charge is 0.246 e. The zero-order chi connectivity index (χ0) is 21.5. The molecule has 2 amide bonds. The molecule has 0 bridgehead atoms. The van der Waals surface area contributed by atoms with Gasteiger partial charge in [-0.2, -0.15) is 5.26 Å². The van der Waals surface area contributed by atoms with Gasteiger partial charge in [0.05, 0.1) is 24.2 Å². The lowest BCUT2D eigenvalue weighted by atomic mass is 9.86. The molecule has 1 aromatic heterocycles. The molecular weight excluding hydrogens is 388 g/mol. The highest BCUT2D eigenvalue weighted by atomic mass is 16.2. The lowest BCUT2D eigenvalue weighted by molar-refractivity contribution is -0.158. The van der Waals surface area contributed by atoms with Gasteiger partial charge in [0, 0.05) is 29.6 Å². The van der Waals surface area contributed by atoms with E-state index < -0.39 is 6.04 Å². The van der Waals surface area contributed by atoms with Crippen molar-refractivity contribution >= 4 is 22.7 Å². The number of carbonyl (C=O) groups excluding carboxylic acids is 2. The summed E-state index contributed by atoms with van der Waals surface area (Å²) in [4.78, 5) is 33.8. The summed E-state index contributed by atoms with van der Waals surface area (Å²) in [5.74, 6) is 0.00185. The van der Waals surface area contributed by atoms with Gasteiger partial charge in [-0.05, 0) is 35.7 Å². The summed E-state index contributed by atoms with van der Waals surface area (Å²) >= 11 is 0. The van der Waals surface area contributed by atoms with Crippen LogP contribution in [0.5, 0.6) is 0 Å². The Kier molecular flexibility index (Phi) is 4.74. The fraction of sp³-hybridized carbons (Fsp3) is 0.320. The number of amides is 2. The Labute approximate surface area is 181 Å². The number of benzene rings is 2. The normalized spacial score (nSPS) is 20.5. The summed E-state index contributed by atoms with van der Waals surface area (Å²) in [7, 11) is 0. The van der Waals surface area contributed by atoms with E-state index in [-0.39, 0.29) is 24.4 Å². The quantitative estimate of drug-likeness (QED) is 0.712. The van der Waals surface area contributed by atoms with Crippen LogP contribution in [0.15, 0.2) is 48.5 Å². The van der Waals surface area contributed by atoms with Crippen LogP contribution < -0.4 is 0 Å². The minimum Gasteiger partial charge on any atom is -0.356 e. The first-order valence-electron chi connectivity index (χ1n) is 10.8. The molecule has 6 heteroatoms. The van der Waals surface area contributed by atoms with Crippen LogP contribution in [-0.4, -0.2) is 45.7 Å². The molecule has 31 heavy (non-hydrogen) atoms. The summed E-state index contributed by atoms with van der Waals surface area (Å²) in [6.45, 7) is 2.83. The fourth-order valence-corrected chi connectivity index (χ4v) is 4.95. The molecule has 1 unspecified atom stereocenters. The van der Waals surface area contributed by atoms with Crippen molar-refractivity contribution in [1.29, 1.82) is 5.26 Å². The molecule has 6 nitrogen and oxygen atoms in total. The number of carbonyl (C=O) groups is 2. The summed E-state index contributed by atoms with van der Waals surface area (Å²) in [5.41, 5.74) is 4.54. The Morgan fingerprint density at radius 2 is 1.90 bits per heavy atom. The maximum Gasteiger partial charge on any atom is 0.246 e. The molecule has 2 atom stereocenters. The predicted molar refractivity (Wildman–Crippen MR) is 117 cm³/mol. The molecular formula is C25H24N4O2. The number of rotatable bonds is 4. The molecule has 0 radical (unpaired) electrons. The first-order chi connectivity index (χ1) is 15.1. The van der Waals surface area contributed by atoms with E-state index in [4.69, 9.17) is 0 Å². The molecule has 2 aliphatic rings. The Morgan fingerprint density at radius 1 is 1.13 bits per heavy atom. The van der Waals surface area contributed by atoms with Gasteiger partial charge in [-0.25, -0.2) is 0 Å². The molecule has 1 N–H and O–H groups in total. The summed E-state index contributed by atoms with van der Waals surface area (Å²) < 4.78 is 0. The third kappa shape index (κ3) is 3.09. The van der Waals surface area contributed by atoms with Gasteiger partial charge in [0.2, 0.25) is 11.8 Å². The molecule has 2 aromatic carbocycles. The number of nitrogens with one attached hydrogen (secondary N) is 1. The molecule has 1 saturated heterocycles. The molecule has 3 aromatic rings. The number of fused-ring (bicyclic) bond motifs is 4. The van der Waals surface area contributed by atoms with E-state index in [2.05, 4.69) is 24.0 Å². The SMILES string of the molecule is CCCCN1CC(=O)N2C(c3ccc(C#N)cc3)c3[nH]c4ccccc4c3C[C@@H]2C1=O. The zero-order valence-electron chi connectivity index (χ0n) is 17.5. The molecule has 156 valence electrons. The maximum atomic E-state index is 13.4. The van der Waals surface area contributed by atoms with Crippen molar-refractivity contribution in [3.63, 3.8) is 0 Å². The van der Waals surface area contributed by atoms with Crippen LogP contribution >= 0.6 is 0 Å². The molecule has 1 fully saturated rings. The fourth-order valence-electron chi connectivity index (χ4n) is 4.95. The third-order valence-corrected chi connectivity index (χ3v) is 6.48. The van der Waals surface area contributed by atoms with Gasteiger partial charge in [0.1, 0.15) is 6.04 Å². The van der Waals surface area contributed by atoms with E-state index >= 15 is 0 Å². The topological polar surface area (TPSA) is 80.2 Å². The number of unbranched alkanes of at least 4 members (excludes halogenated alkanes) is 1. The summed E-state index contributed by atoms with van der Waals surface area (Å²) in [5, 5.41) is 10.3. The van der Waals surface area contributed by atoms with Crippen LogP contribution in [0.2, 0.25) is 0 Å². The average Bonchev–Trinajstić information content (AvgIpc) is 3.17. The highest BCUT2D eigenvalue weighted by Crippen LogP contribution is 2.42. The first kappa shape index (κ1) is 19.4. The van der Waals surface area contributed by atoms with Crippen LogP contribution in [-0.2, 0) is 16.0 Å². The lowest BCUT2D eigenvalue weighted by Gasteiger charge is -2.47. The number of nitriles is 1. The second-order valence-electron chi connectivity index (χ2n) is 8.33. The monoisotopic (exact) mass is 412 g/mol. The minimum atomic E-state index is -0.509. The van der Waals surface area contributed by atoms with Gasteiger partial charge in [0.25, 0.3) is 0 Å². The molecule has 0 aliphatic carbocycles. The molecule has 0 saturated carbocycles. The standard InChI is InChI=1S/C25H24N4O2/c1-2-3-12-28-15-22(30)29-21(25(28)31)13-19-18-6-4-5-7-20(18)27-23(19)24(29)17-10-8-16(14-26)9-11-17/h4-11,21,24,27H,2-3,12-13,15H2,1H3/t21-,24?/m1/s1. The van der Waals surface area contributed by atoms with E-state index in [1.165, 1.54) is 0 Å². The maximum absolute atomic E-state index is 13.4. The van der Waals surface area contributed by atoms with Gasteiger partial charge < -0.3 is 14.8 Å². The van der Waals surface area contributed by atoms with Crippen LogP contribution in [0, 0.1) is 11.3 Å². The van der Waals surface area contributed by atoms with Crippen molar-refractivity contribution in [2.45, 2.75) is 38.3 Å². The van der Waals surface area contributed by atoms with Gasteiger partial charge in [-0.1, -0.05) is 43.7 Å². The highest BCUT2D eigenvalue weighted by Gasteiger charge is 2.47. The molecule has 2 aliphatic heterocycles. The molecule has 0 spiro atoms. The Bertz CT molecular complexity index is 1200. The van der Waals surface area contributed by atoms with Crippen LogP contribution in [0.4, 0.5) is 0 Å². The molecule has 5 rings (SSSR count). The number of para-hydroxylation sites is 1. The van der Waals surface area contributed by atoms with Crippen molar-refractivity contribution in [2.75, 3.05) is 13.1 Å². The van der Waals surface area contributed by atoms with E-state index in [0.717, 1.165) is 40.6 Å². The summed E-state index contributed by atoms with van der Waals surface area (Å²) in [6, 6.07) is 16.7. The van der Waals surface area contributed by atoms with Crippen LogP contribution in [0.25, 0.3) is 10.9 Å². The first-order valence-corrected chi connectivity index (χ1v) is 10.8. The van der Waals surface area contributed by atoms with Crippen molar-refractivity contribution in [1.82, 2.24) is 14.8 Å². The van der Waals surface area contributed by atoms with Gasteiger partial charge >= 0.3 is 0 Å². The summed E-state index contributed by atoms with van der Waals surface area (Å²) in [6.07, 6.45) is 2.38. The van der Waals surface area contributed by atoms with Crippen molar-refractivity contribution in [2.24, 2.45) is 0 Å². The number of piperazine rings is 1. The number of aromatic amines is 1. The van der Waals surface area contributed by atoms with Crippen molar-refractivity contribution < 1.29 is 9.59 Å². The Hall–Kier alpha value is -3.59. The van der Waals surface area contributed by atoms with Gasteiger partial charge in [-0.15, -0.1) is 0 Å². The van der Waals surface area contributed by atoms with Gasteiger partial charge in [-0.3, -0.25) is 9.59 Å². The van der Waals surface area contributed by atoms with E-state index in [9.17, 15) is 14.9 Å². The number of H-pyrrole nitrogens is 1. The second kappa shape index (κ2) is 7.59. The van der Waals surface area contributed by atoms with E-state index in [1.807, 2.05) is 30.3 Å². The van der Waals surface area contributed by atoms with Crippen molar-refractivity contribution in [3.05, 3.63) is 70.9 Å². The van der Waals surface area contributed by atoms with E-state index in [0.29, 0.717) is 18.5 Å². The Morgan fingerprint density at radius 3 is 2.65 bits per heavy atom. The second-order valence-corrected chi connectivity index (χ2v) is 8.33. The van der Waals surface area contributed by atoms with Gasteiger partial charge in [0.15, 0.2) is 0 Å². The lowest BCUT2D eigenvalue weighted by Crippen LogP contribution is -2.63. The highest BCUT2D eigenvalue weighted by molar-refractivity contribution is 5.97. The largest absolute Gasteiger partial charge is 0.356 e.